The fourth-order valence-corrected chi connectivity index (χ4v) is 5.06. The minimum Gasteiger partial charge on any atom is -0.350 e. The van der Waals surface area contributed by atoms with E-state index in [1.165, 1.54) is 5.56 Å². The molecule has 0 bridgehead atoms. The first-order valence-electron chi connectivity index (χ1n) is 12.6. The molecule has 2 amide bonds. The maximum absolute atomic E-state index is 13.3. The molecule has 1 atom stereocenters. The monoisotopic (exact) mass is 494 g/mol. The predicted octanol–water partition coefficient (Wildman–Crippen LogP) is 4.97. The summed E-state index contributed by atoms with van der Waals surface area (Å²) in [5.41, 5.74) is 3.18. The first-order chi connectivity index (χ1) is 18.1. The smallest absolute Gasteiger partial charge is 0.292 e. The number of rotatable bonds is 7. The third-order valence-electron chi connectivity index (χ3n) is 7.15. The van der Waals surface area contributed by atoms with E-state index in [1.54, 1.807) is 18.3 Å². The fraction of sp³-hybridized carbons (Fsp3) is 0.267. The normalized spacial score (nSPS) is 14.8. The van der Waals surface area contributed by atoms with Crippen LogP contribution in [0.4, 0.5) is 0 Å². The van der Waals surface area contributed by atoms with Gasteiger partial charge in [0.15, 0.2) is 0 Å². The first-order valence-corrected chi connectivity index (χ1v) is 12.6. The number of likely N-dealkylation sites (N-methyl/N-ethyl adjacent to an activating group) is 1. The lowest BCUT2D eigenvalue weighted by molar-refractivity contribution is 0.0500. The van der Waals surface area contributed by atoms with Crippen molar-refractivity contribution in [2.75, 3.05) is 20.1 Å². The third-order valence-corrected chi connectivity index (χ3v) is 7.15. The summed E-state index contributed by atoms with van der Waals surface area (Å²) in [5, 5.41) is 4.09. The van der Waals surface area contributed by atoms with E-state index in [4.69, 9.17) is 4.52 Å². The van der Waals surface area contributed by atoms with Crippen LogP contribution in [0.25, 0.3) is 11.3 Å². The molecule has 188 valence electrons. The summed E-state index contributed by atoms with van der Waals surface area (Å²) in [6.45, 7) is 1.20. The largest absolute Gasteiger partial charge is 0.350 e. The molecule has 1 saturated heterocycles. The van der Waals surface area contributed by atoms with E-state index in [2.05, 4.69) is 22.3 Å². The van der Waals surface area contributed by atoms with Crippen LogP contribution in [0.3, 0.4) is 0 Å². The zero-order valence-corrected chi connectivity index (χ0v) is 20.9. The van der Waals surface area contributed by atoms with Crippen LogP contribution in [0.1, 0.15) is 39.4 Å². The van der Waals surface area contributed by atoms with Crippen molar-refractivity contribution in [1.29, 1.82) is 0 Å². The minimum absolute atomic E-state index is 0.0101. The van der Waals surface area contributed by atoms with Crippen molar-refractivity contribution in [1.82, 2.24) is 19.9 Å². The maximum atomic E-state index is 13.3. The van der Waals surface area contributed by atoms with Gasteiger partial charge in [0, 0.05) is 44.0 Å². The van der Waals surface area contributed by atoms with Crippen molar-refractivity contribution in [3.63, 3.8) is 0 Å². The molecular weight excluding hydrogens is 464 g/mol. The topological polar surface area (TPSA) is 79.5 Å². The molecule has 0 aliphatic carbocycles. The standard InChI is InChI=1S/C30H30N4O3/c1-33(29(35)25-14-8-9-17-31-25)27(20-22-10-4-2-5-11-22)24-15-18-34(19-16-24)30(36)28-21-26(32-37-28)23-12-6-3-7-13-23/h2-14,17,21,24,27H,15-16,18-20H2,1H3. The van der Waals surface area contributed by atoms with Crippen LogP contribution in [-0.2, 0) is 6.42 Å². The summed E-state index contributed by atoms with van der Waals surface area (Å²) in [6, 6.07) is 27.0. The molecule has 4 aromatic rings. The third kappa shape index (κ3) is 5.61. The molecule has 3 heterocycles. The van der Waals surface area contributed by atoms with Crippen LogP contribution in [-0.4, -0.2) is 57.9 Å². The van der Waals surface area contributed by atoms with Gasteiger partial charge in [-0.1, -0.05) is 71.9 Å². The molecule has 5 rings (SSSR count). The number of aromatic nitrogens is 2. The summed E-state index contributed by atoms with van der Waals surface area (Å²) < 4.78 is 5.41. The average molecular weight is 495 g/mol. The van der Waals surface area contributed by atoms with Gasteiger partial charge in [0.1, 0.15) is 11.4 Å². The molecule has 1 unspecified atom stereocenters. The second-order valence-corrected chi connectivity index (χ2v) is 9.46. The molecule has 1 aliphatic heterocycles. The molecule has 1 fully saturated rings. The summed E-state index contributed by atoms with van der Waals surface area (Å²) in [4.78, 5) is 34.4. The van der Waals surface area contributed by atoms with Crippen LogP contribution in [0.15, 0.2) is 95.6 Å². The van der Waals surface area contributed by atoms with Crippen molar-refractivity contribution < 1.29 is 14.1 Å². The van der Waals surface area contributed by atoms with Gasteiger partial charge in [0.2, 0.25) is 5.76 Å². The van der Waals surface area contributed by atoms with Gasteiger partial charge in [-0.3, -0.25) is 14.6 Å². The molecule has 2 aromatic carbocycles. The lowest BCUT2D eigenvalue weighted by Crippen LogP contribution is -2.48. The van der Waals surface area contributed by atoms with Gasteiger partial charge in [-0.15, -0.1) is 0 Å². The van der Waals surface area contributed by atoms with Crippen LogP contribution in [0, 0.1) is 5.92 Å². The molecule has 0 spiro atoms. The average Bonchev–Trinajstić information content (AvgIpc) is 3.47. The van der Waals surface area contributed by atoms with Crippen LogP contribution < -0.4 is 0 Å². The molecule has 1 aliphatic rings. The molecule has 7 heteroatoms. The van der Waals surface area contributed by atoms with Gasteiger partial charge in [-0.2, -0.15) is 0 Å². The Hall–Kier alpha value is -4.26. The Morgan fingerprint density at radius 2 is 1.65 bits per heavy atom. The number of hydrogen-bond acceptors (Lipinski definition) is 5. The van der Waals surface area contributed by atoms with E-state index < -0.39 is 0 Å². The number of piperidine rings is 1. The van der Waals surface area contributed by atoms with E-state index >= 15 is 0 Å². The van der Waals surface area contributed by atoms with Crippen molar-refractivity contribution in [2.24, 2.45) is 5.92 Å². The highest BCUT2D eigenvalue weighted by molar-refractivity contribution is 5.93. The highest BCUT2D eigenvalue weighted by Crippen LogP contribution is 2.28. The Morgan fingerprint density at radius 3 is 2.32 bits per heavy atom. The molecular formula is C30H30N4O3. The molecule has 0 saturated carbocycles. The van der Waals surface area contributed by atoms with E-state index in [0.717, 1.165) is 24.8 Å². The second-order valence-electron chi connectivity index (χ2n) is 9.46. The van der Waals surface area contributed by atoms with Crippen LogP contribution in [0.5, 0.6) is 0 Å². The maximum Gasteiger partial charge on any atom is 0.292 e. The van der Waals surface area contributed by atoms with Crippen LogP contribution in [0.2, 0.25) is 0 Å². The van der Waals surface area contributed by atoms with Gasteiger partial charge >= 0.3 is 0 Å². The SMILES string of the molecule is CN(C(=O)c1ccccn1)C(Cc1ccccc1)C1CCN(C(=O)c2cc(-c3ccccc3)no2)CC1. The van der Waals surface area contributed by atoms with E-state index in [1.807, 2.05) is 77.5 Å². The summed E-state index contributed by atoms with van der Waals surface area (Å²) in [5.74, 6) is 0.262. The highest BCUT2D eigenvalue weighted by Gasteiger charge is 2.34. The Morgan fingerprint density at radius 1 is 0.973 bits per heavy atom. The van der Waals surface area contributed by atoms with Gasteiger partial charge in [0.25, 0.3) is 11.8 Å². The quantitative estimate of drug-likeness (QED) is 0.362. The summed E-state index contributed by atoms with van der Waals surface area (Å²) >= 11 is 0. The van der Waals surface area contributed by atoms with E-state index in [0.29, 0.717) is 24.5 Å². The number of amides is 2. The van der Waals surface area contributed by atoms with Crippen molar-refractivity contribution in [3.8, 4) is 11.3 Å². The number of pyridine rings is 1. The molecule has 0 radical (unpaired) electrons. The van der Waals surface area contributed by atoms with Crippen molar-refractivity contribution in [3.05, 3.63) is 108 Å². The Balaban J connectivity index is 1.28. The van der Waals surface area contributed by atoms with Gasteiger partial charge < -0.3 is 14.3 Å². The predicted molar refractivity (Wildman–Crippen MR) is 141 cm³/mol. The van der Waals surface area contributed by atoms with Gasteiger partial charge in [0.05, 0.1) is 0 Å². The molecule has 2 aromatic heterocycles. The summed E-state index contributed by atoms with van der Waals surface area (Å²) in [7, 11) is 1.86. The van der Waals surface area contributed by atoms with E-state index in [-0.39, 0.29) is 29.5 Å². The lowest BCUT2D eigenvalue weighted by atomic mass is 9.84. The highest BCUT2D eigenvalue weighted by atomic mass is 16.5. The molecule has 7 nitrogen and oxygen atoms in total. The number of carbonyl (C=O) groups excluding carboxylic acids is 2. The number of carbonyl (C=O) groups is 2. The zero-order valence-electron chi connectivity index (χ0n) is 20.9. The minimum atomic E-state index is -0.148. The second kappa shape index (κ2) is 11.2. The van der Waals surface area contributed by atoms with Crippen molar-refractivity contribution >= 4 is 11.8 Å². The number of nitrogens with zero attached hydrogens (tertiary/aromatic N) is 4. The van der Waals surface area contributed by atoms with E-state index in [9.17, 15) is 9.59 Å². The summed E-state index contributed by atoms with van der Waals surface area (Å²) in [6.07, 6.45) is 3.98. The van der Waals surface area contributed by atoms with Gasteiger partial charge in [-0.05, 0) is 42.9 Å². The zero-order chi connectivity index (χ0) is 25.6. The molecule has 37 heavy (non-hydrogen) atoms. The Bertz CT molecular complexity index is 1320. The Labute approximate surface area is 216 Å². The Kier molecular flexibility index (Phi) is 7.40. The van der Waals surface area contributed by atoms with Crippen LogP contribution >= 0.6 is 0 Å². The van der Waals surface area contributed by atoms with Gasteiger partial charge in [-0.25, -0.2) is 0 Å². The number of likely N-dealkylation sites (tertiary alicyclic amines) is 1. The first kappa shape index (κ1) is 24.4. The number of benzene rings is 2. The fourth-order valence-electron chi connectivity index (χ4n) is 5.06. The molecule has 0 N–H and O–H groups in total. The van der Waals surface area contributed by atoms with Crippen molar-refractivity contribution in [2.45, 2.75) is 25.3 Å². The lowest BCUT2D eigenvalue weighted by Gasteiger charge is -2.39. The number of hydrogen-bond donors (Lipinski definition) is 0.